The Morgan fingerprint density at radius 3 is 2.63 bits per heavy atom. The van der Waals surface area contributed by atoms with E-state index in [4.69, 9.17) is 0 Å². The fraction of sp³-hybridized carbons (Fsp3) is 0.0714. The van der Waals surface area contributed by atoms with E-state index in [0.29, 0.717) is 21.9 Å². The van der Waals surface area contributed by atoms with Crippen LogP contribution in [0.5, 0.6) is 0 Å². The zero-order valence-electron chi connectivity index (χ0n) is 10.1. The van der Waals surface area contributed by atoms with E-state index >= 15 is 0 Å². The molecule has 3 aromatic rings. The van der Waals surface area contributed by atoms with Gasteiger partial charge in [0.2, 0.25) is 0 Å². The number of aromatic amines is 1. The van der Waals surface area contributed by atoms with E-state index in [0.717, 1.165) is 0 Å². The number of nitrogens with zero attached hydrogens (tertiary/aromatic N) is 1. The molecular formula is C14H10N2O3. The van der Waals surface area contributed by atoms with Gasteiger partial charge in [-0.25, -0.2) is 0 Å². The number of nitro benzene ring substituents is 1. The Bertz CT molecular complexity index is 881. The van der Waals surface area contributed by atoms with Crippen LogP contribution < -0.4 is 5.43 Å². The number of para-hydroxylation sites is 1. The standard InChI is InChI=1S/C14H10N2O3/c1-8-6-10-13(12(7-8)16(18)19)15-11-5-3-2-4-9(11)14(10)17/h2-7H,1H3,(H,15,17). The van der Waals surface area contributed by atoms with Gasteiger partial charge in [-0.1, -0.05) is 12.1 Å². The minimum atomic E-state index is -0.472. The third kappa shape index (κ3) is 1.67. The zero-order valence-corrected chi connectivity index (χ0v) is 10.1. The molecule has 19 heavy (non-hydrogen) atoms. The van der Waals surface area contributed by atoms with Crippen LogP contribution in [0.25, 0.3) is 21.8 Å². The quantitative estimate of drug-likeness (QED) is 0.412. The molecule has 5 nitrogen and oxygen atoms in total. The van der Waals surface area contributed by atoms with Gasteiger partial charge in [0.25, 0.3) is 5.69 Å². The Hall–Kier alpha value is -2.69. The first kappa shape index (κ1) is 11.4. The summed E-state index contributed by atoms with van der Waals surface area (Å²) in [6.07, 6.45) is 0. The van der Waals surface area contributed by atoms with Crippen molar-refractivity contribution >= 4 is 27.5 Å². The molecule has 1 heterocycles. The van der Waals surface area contributed by atoms with Gasteiger partial charge in [-0.05, 0) is 30.7 Å². The number of fused-ring (bicyclic) bond motifs is 2. The molecule has 0 aliphatic carbocycles. The number of aryl methyl sites for hydroxylation is 1. The molecule has 0 bridgehead atoms. The first-order valence-corrected chi connectivity index (χ1v) is 5.77. The summed E-state index contributed by atoms with van der Waals surface area (Å²) in [4.78, 5) is 26.0. The normalized spacial score (nSPS) is 11.0. The van der Waals surface area contributed by atoms with Gasteiger partial charge < -0.3 is 4.98 Å². The molecule has 3 rings (SSSR count). The van der Waals surface area contributed by atoms with Crippen molar-refractivity contribution in [2.75, 3.05) is 0 Å². The molecule has 0 atom stereocenters. The first-order valence-electron chi connectivity index (χ1n) is 5.77. The highest BCUT2D eigenvalue weighted by molar-refractivity contribution is 5.96. The monoisotopic (exact) mass is 254 g/mol. The van der Waals surface area contributed by atoms with Crippen LogP contribution in [0.15, 0.2) is 41.2 Å². The van der Waals surface area contributed by atoms with Crippen molar-refractivity contribution in [3.63, 3.8) is 0 Å². The number of aromatic nitrogens is 1. The molecule has 0 saturated heterocycles. The zero-order chi connectivity index (χ0) is 13.6. The van der Waals surface area contributed by atoms with Gasteiger partial charge >= 0.3 is 0 Å². The van der Waals surface area contributed by atoms with Crippen molar-refractivity contribution in [1.82, 2.24) is 4.98 Å². The van der Waals surface area contributed by atoms with Gasteiger partial charge in [0, 0.05) is 17.0 Å². The molecule has 0 unspecified atom stereocenters. The van der Waals surface area contributed by atoms with Crippen molar-refractivity contribution in [1.29, 1.82) is 0 Å². The predicted molar refractivity (Wildman–Crippen MR) is 73.5 cm³/mol. The molecule has 0 radical (unpaired) electrons. The van der Waals surface area contributed by atoms with Gasteiger partial charge in [0.1, 0.15) is 5.52 Å². The van der Waals surface area contributed by atoms with E-state index in [1.54, 1.807) is 37.3 Å². The second-order valence-corrected chi connectivity index (χ2v) is 4.46. The van der Waals surface area contributed by atoms with Crippen molar-refractivity contribution in [2.45, 2.75) is 6.92 Å². The lowest BCUT2D eigenvalue weighted by molar-refractivity contribution is -0.383. The van der Waals surface area contributed by atoms with Crippen LogP contribution in [0.1, 0.15) is 5.56 Å². The van der Waals surface area contributed by atoms with Gasteiger partial charge in [0.15, 0.2) is 5.43 Å². The molecule has 0 aliphatic rings. The van der Waals surface area contributed by atoms with Crippen LogP contribution in [-0.2, 0) is 0 Å². The molecule has 0 amide bonds. The predicted octanol–water partition coefficient (Wildman–Crippen LogP) is 2.90. The van der Waals surface area contributed by atoms with E-state index in [2.05, 4.69) is 4.98 Å². The highest BCUT2D eigenvalue weighted by Crippen LogP contribution is 2.25. The summed E-state index contributed by atoms with van der Waals surface area (Å²) >= 11 is 0. The Balaban J connectivity index is 2.61. The van der Waals surface area contributed by atoms with Crippen LogP contribution in [-0.4, -0.2) is 9.91 Å². The molecule has 0 fully saturated rings. The molecule has 0 aliphatic heterocycles. The van der Waals surface area contributed by atoms with E-state index in [-0.39, 0.29) is 16.6 Å². The van der Waals surface area contributed by atoms with Gasteiger partial charge in [-0.15, -0.1) is 0 Å². The highest BCUT2D eigenvalue weighted by atomic mass is 16.6. The number of rotatable bonds is 1. The van der Waals surface area contributed by atoms with Crippen LogP contribution in [0.3, 0.4) is 0 Å². The number of hydrogen-bond donors (Lipinski definition) is 1. The first-order chi connectivity index (χ1) is 9.08. The number of H-pyrrole nitrogens is 1. The summed E-state index contributed by atoms with van der Waals surface area (Å²) in [7, 11) is 0. The summed E-state index contributed by atoms with van der Waals surface area (Å²) in [6.45, 7) is 1.74. The van der Waals surface area contributed by atoms with Crippen molar-refractivity contribution < 1.29 is 4.92 Å². The molecular weight excluding hydrogens is 244 g/mol. The second-order valence-electron chi connectivity index (χ2n) is 4.46. The van der Waals surface area contributed by atoms with Gasteiger partial charge in [-0.2, -0.15) is 0 Å². The summed E-state index contributed by atoms with van der Waals surface area (Å²) < 4.78 is 0. The van der Waals surface area contributed by atoms with E-state index < -0.39 is 4.92 Å². The van der Waals surface area contributed by atoms with E-state index in [9.17, 15) is 14.9 Å². The number of benzene rings is 2. The minimum absolute atomic E-state index is 0.0714. The van der Waals surface area contributed by atoms with E-state index in [1.165, 1.54) is 6.07 Å². The van der Waals surface area contributed by atoms with Crippen molar-refractivity contribution in [3.8, 4) is 0 Å². The Morgan fingerprint density at radius 1 is 1.16 bits per heavy atom. The Labute approximate surface area is 107 Å². The van der Waals surface area contributed by atoms with Gasteiger partial charge in [0.05, 0.1) is 10.3 Å². The molecule has 1 N–H and O–H groups in total. The molecule has 0 spiro atoms. The summed E-state index contributed by atoms with van der Waals surface area (Å²) in [5.74, 6) is 0. The Morgan fingerprint density at radius 2 is 1.89 bits per heavy atom. The molecule has 94 valence electrons. The maximum atomic E-state index is 12.4. The third-order valence-electron chi connectivity index (χ3n) is 3.13. The van der Waals surface area contributed by atoms with Crippen molar-refractivity contribution in [2.24, 2.45) is 0 Å². The van der Waals surface area contributed by atoms with E-state index in [1.807, 2.05) is 0 Å². The van der Waals surface area contributed by atoms with Crippen molar-refractivity contribution in [3.05, 3.63) is 62.3 Å². The third-order valence-corrected chi connectivity index (χ3v) is 3.13. The fourth-order valence-corrected chi connectivity index (χ4v) is 2.29. The minimum Gasteiger partial charge on any atom is -0.349 e. The summed E-state index contributed by atoms with van der Waals surface area (Å²) in [6, 6.07) is 10.1. The van der Waals surface area contributed by atoms with Crippen LogP contribution in [0.4, 0.5) is 5.69 Å². The summed E-state index contributed by atoms with van der Waals surface area (Å²) in [5.41, 5.74) is 1.32. The fourth-order valence-electron chi connectivity index (χ4n) is 2.29. The number of pyridine rings is 1. The second kappa shape index (κ2) is 3.91. The van der Waals surface area contributed by atoms with Gasteiger partial charge in [-0.3, -0.25) is 14.9 Å². The average Bonchev–Trinajstić information content (AvgIpc) is 2.39. The molecule has 1 aromatic heterocycles. The largest absolute Gasteiger partial charge is 0.349 e. The molecule has 2 aromatic carbocycles. The number of nitrogens with one attached hydrogen (secondary N) is 1. The lowest BCUT2D eigenvalue weighted by Crippen LogP contribution is -2.06. The maximum Gasteiger partial charge on any atom is 0.293 e. The van der Waals surface area contributed by atoms with Crippen LogP contribution >= 0.6 is 0 Å². The van der Waals surface area contributed by atoms with Crippen LogP contribution in [0, 0.1) is 17.0 Å². The summed E-state index contributed by atoms with van der Waals surface area (Å²) in [5, 5.41) is 12.0. The lowest BCUT2D eigenvalue weighted by Gasteiger charge is -2.04. The topological polar surface area (TPSA) is 76.0 Å². The lowest BCUT2D eigenvalue weighted by atomic mass is 10.1. The maximum absolute atomic E-state index is 12.4. The number of hydrogen-bond acceptors (Lipinski definition) is 3. The molecule has 5 heteroatoms. The van der Waals surface area contributed by atoms with Crippen LogP contribution in [0.2, 0.25) is 0 Å². The average molecular weight is 254 g/mol. The number of non-ortho nitro benzene ring substituents is 1. The smallest absolute Gasteiger partial charge is 0.293 e. The number of nitro groups is 1. The highest BCUT2D eigenvalue weighted by Gasteiger charge is 2.16. The Kier molecular flexibility index (Phi) is 2.35. The SMILES string of the molecule is Cc1cc([N+](=O)[O-])c2[nH]c3ccccc3c(=O)c2c1. The molecule has 0 saturated carbocycles.